The number of nitrogens with one attached hydrogen (secondary N) is 1. The van der Waals surface area contributed by atoms with Crippen LogP contribution in [0.1, 0.15) is 34.5 Å². The summed E-state index contributed by atoms with van der Waals surface area (Å²) < 4.78 is 5.84. The van der Waals surface area contributed by atoms with Crippen molar-refractivity contribution >= 4 is 11.3 Å². The summed E-state index contributed by atoms with van der Waals surface area (Å²) in [6, 6.07) is 8.37. The van der Waals surface area contributed by atoms with Crippen LogP contribution in [0.3, 0.4) is 0 Å². The van der Waals surface area contributed by atoms with Crippen LogP contribution in [0.2, 0.25) is 0 Å². The van der Waals surface area contributed by atoms with E-state index >= 15 is 0 Å². The van der Waals surface area contributed by atoms with Gasteiger partial charge in [0.2, 0.25) is 0 Å². The lowest BCUT2D eigenvalue weighted by Gasteiger charge is -2.09. The quantitative estimate of drug-likeness (QED) is 0.831. The van der Waals surface area contributed by atoms with Crippen molar-refractivity contribution in [1.29, 1.82) is 0 Å². The second-order valence-electron chi connectivity index (χ2n) is 5.36. The van der Waals surface area contributed by atoms with Crippen LogP contribution < -0.4 is 10.1 Å². The van der Waals surface area contributed by atoms with Crippen molar-refractivity contribution in [1.82, 2.24) is 10.3 Å². The van der Waals surface area contributed by atoms with E-state index in [0.29, 0.717) is 0 Å². The van der Waals surface area contributed by atoms with E-state index in [1.54, 1.807) is 0 Å². The Kier molecular flexibility index (Phi) is 4.88. The van der Waals surface area contributed by atoms with E-state index < -0.39 is 0 Å². The third-order valence-corrected chi connectivity index (χ3v) is 4.91. The van der Waals surface area contributed by atoms with Crippen molar-refractivity contribution in [2.75, 3.05) is 13.2 Å². The Morgan fingerprint density at radius 3 is 3.19 bits per heavy atom. The molecule has 0 saturated heterocycles. The smallest absolute Gasteiger partial charge is 0.119 e. The maximum Gasteiger partial charge on any atom is 0.119 e. The van der Waals surface area contributed by atoms with Crippen LogP contribution in [0, 0.1) is 0 Å². The van der Waals surface area contributed by atoms with E-state index in [9.17, 15) is 0 Å². The number of rotatable bonds is 6. The molecule has 3 rings (SSSR count). The first-order valence-corrected chi connectivity index (χ1v) is 8.56. The van der Waals surface area contributed by atoms with Crippen LogP contribution in [0.4, 0.5) is 0 Å². The summed E-state index contributed by atoms with van der Waals surface area (Å²) in [5.74, 6) is 0.983. The van der Waals surface area contributed by atoms with Gasteiger partial charge in [0.15, 0.2) is 0 Å². The molecular weight excluding hydrogens is 280 g/mol. The molecule has 1 N–H and O–H groups in total. The summed E-state index contributed by atoms with van der Waals surface area (Å²) in [6.07, 6.45) is 4.17. The largest absolute Gasteiger partial charge is 0.494 e. The summed E-state index contributed by atoms with van der Waals surface area (Å²) >= 11 is 1.86. The topological polar surface area (TPSA) is 34.1 Å². The van der Waals surface area contributed by atoms with Crippen LogP contribution in [-0.4, -0.2) is 18.1 Å². The summed E-state index contributed by atoms with van der Waals surface area (Å²) in [5, 5.41) is 4.66. The molecule has 2 heterocycles. The second kappa shape index (κ2) is 7.05. The van der Waals surface area contributed by atoms with E-state index in [2.05, 4.69) is 30.4 Å². The molecule has 1 aliphatic rings. The lowest BCUT2D eigenvalue weighted by molar-refractivity contribution is 0.310. The molecule has 0 saturated carbocycles. The van der Waals surface area contributed by atoms with E-state index in [1.165, 1.54) is 21.1 Å². The molecule has 0 fully saturated rings. The lowest BCUT2D eigenvalue weighted by atomic mass is 10.2. The average Bonchev–Trinajstić information content (AvgIpc) is 2.94. The molecule has 2 aromatic rings. The number of ether oxygens (including phenoxy) is 1. The molecule has 0 aliphatic carbocycles. The highest BCUT2D eigenvalue weighted by molar-refractivity contribution is 7.11. The maximum absolute atomic E-state index is 5.84. The molecule has 0 amide bonds. The normalized spacial score (nSPS) is 14.0. The lowest BCUT2D eigenvalue weighted by Crippen LogP contribution is -2.22. The number of hydrogen-bond acceptors (Lipinski definition) is 4. The predicted octanol–water partition coefficient (Wildman–Crippen LogP) is 3.36. The zero-order valence-electron chi connectivity index (χ0n) is 12.5. The molecule has 1 aromatic carbocycles. The molecule has 1 aromatic heterocycles. The molecule has 0 spiro atoms. The summed E-state index contributed by atoms with van der Waals surface area (Å²) in [5.41, 5.74) is 2.64. The first-order chi connectivity index (χ1) is 10.3. The zero-order chi connectivity index (χ0) is 14.5. The fraction of sp³-hybridized carbons (Fsp3) is 0.471. The van der Waals surface area contributed by atoms with E-state index in [1.807, 2.05) is 17.4 Å². The standard InChI is InChI=1S/C17H22N2OS/c1-2-13-5-3-6-14(11-13)20-10-4-7-17-19-15-8-9-18-12-16(15)21-17/h3,5-6,11,18H,2,4,7-10,12H2,1H3. The Bertz CT molecular complexity index is 571. The molecule has 0 atom stereocenters. The second-order valence-corrected chi connectivity index (χ2v) is 6.53. The van der Waals surface area contributed by atoms with Crippen LogP contribution in [0.25, 0.3) is 0 Å². The highest BCUT2D eigenvalue weighted by atomic mass is 32.1. The average molecular weight is 302 g/mol. The minimum absolute atomic E-state index is 0.760. The van der Waals surface area contributed by atoms with Crippen molar-refractivity contribution in [3.63, 3.8) is 0 Å². The van der Waals surface area contributed by atoms with Gasteiger partial charge in [-0.05, 0) is 30.5 Å². The van der Waals surface area contributed by atoms with E-state index in [4.69, 9.17) is 9.72 Å². The monoisotopic (exact) mass is 302 g/mol. The number of benzene rings is 1. The number of thiazole rings is 1. The molecule has 0 radical (unpaired) electrons. The van der Waals surface area contributed by atoms with Crippen molar-refractivity contribution < 1.29 is 4.74 Å². The molecule has 0 unspecified atom stereocenters. The fourth-order valence-corrected chi connectivity index (χ4v) is 3.68. The van der Waals surface area contributed by atoms with Crippen LogP contribution in [0.5, 0.6) is 5.75 Å². The van der Waals surface area contributed by atoms with Gasteiger partial charge in [-0.1, -0.05) is 19.1 Å². The van der Waals surface area contributed by atoms with Gasteiger partial charge in [0.05, 0.1) is 17.3 Å². The summed E-state index contributed by atoms with van der Waals surface area (Å²) in [4.78, 5) is 6.17. The van der Waals surface area contributed by atoms with Gasteiger partial charge in [-0.2, -0.15) is 0 Å². The number of nitrogens with zero attached hydrogens (tertiary/aromatic N) is 1. The van der Waals surface area contributed by atoms with E-state index in [0.717, 1.165) is 51.1 Å². The highest BCUT2D eigenvalue weighted by Crippen LogP contribution is 2.22. The van der Waals surface area contributed by atoms with E-state index in [-0.39, 0.29) is 0 Å². The van der Waals surface area contributed by atoms with Gasteiger partial charge in [-0.3, -0.25) is 0 Å². The Labute approximate surface area is 130 Å². The fourth-order valence-electron chi connectivity index (χ4n) is 2.55. The van der Waals surface area contributed by atoms with Gasteiger partial charge in [-0.25, -0.2) is 4.98 Å². The van der Waals surface area contributed by atoms with Crippen molar-refractivity contribution in [2.45, 2.75) is 39.2 Å². The highest BCUT2D eigenvalue weighted by Gasteiger charge is 2.14. The third-order valence-electron chi connectivity index (χ3n) is 3.76. The predicted molar refractivity (Wildman–Crippen MR) is 87.2 cm³/mol. The number of aromatic nitrogens is 1. The van der Waals surface area contributed by atoms with Gasteiger partial charge in [0, 0.05) is 30.8 Å². The number of aryl methyl sites for hydroxylation is 2. The van der Waals surface area contributed by atoms with Gasteiger partial charge >= 0.3 is 0 Å². The Balaban J connectivity index is 1.46. The van der Waals surface area contributed by atoms with Gasteiger partial charge in [-0.15, -0.1) is 11.3 Å². The minimum atomic E-state index is 0.760. The van der Waals surface area contributed by atoms with Crippen LogP contribution in [-0.2, 0) is 25.8 Å². The third kappa shape index (κ3) is 3.83. The number of hydrogen-bond donors (Lipinski definition) is 1. The first-order valence-electron chi connectivity index (χ1n) is 7.75. The SMILES string of the molecule is CCc1cccc(OCCCc2nc3c(s2)CNCC3)c1. The van der Waals surface area contributed by atoms with Crippen molar-refractivity contribution in [3.8, 4) is 5.75 Å². The molecular formula is C17H22N2OS. The van der Waals surface area contributed by atoms with Crippen molar-refractivity contribution in [3.05, 3.63) is 45.4 Å². The van der Waals surface area contributed by atoms with Gasteiger partial charge in [0.25, 0.3) is 0 Å². The zero-order valence-corrected chi connectivity index (χ0v) is 13.3. The van der Waals surface area contributed by atoms with Gasteiger partial charge < -0.3 is 10.1 Å². The minimum Gasteiger partial charge on any atom is -0.494 e. The molecule has 3 nitrogen and oxygen atoms in total. The number of fused-ring (bicyclic) bond motifs is 1. The van der Waals surface area contributed by atoms with Crippen LogP contribution >= 0.6 is 11.3 Å². The molecule has 1 aliphatic heterocycles. The molecule has 21 heavy (non-hydrogen) atoms. The Morgan fingerprint density at radius 1 is 1.38 bits per heavy atom. The maximum atomic E-state index is 5.84. The van der Waals surface area contributed by atoms with Crippen molar-refractivity contribution in [2.24, 2.45) is 0 Å². The molecule has 112 valence electrons. The first kappa shape index (κ1) is 14.5. The summed E-state index contributed by atoms with van der Waals surface area (Å²) in [7, 11) is 0. The Hall–Kier alpha value is -1.39. The summed E-state index contributed by atoms with van der Waals surface area (Å²) in [6.45, 7) is 4.98. The molecule has 0 bridgehead atoms. The molecule has 4 heteroatoms. The van der Waals surface area contributed by atoms with Gasteiger partial charge in [0.1, 0.15) is 5.75 Å². The Morgan fingerprint density at radius 2 is 2.33 bits per heavy atom. The van der Waals surface area contributed by atoms with Crippen LogP contribution in [0.15, 0.2) is 24.3 Å².